The molecule has 0 aliphatic carbocycles. The summed E-state index contributed by atoms with van der Waals surface area (Å²) < 4.78 is 71.3. The second-order valence-electron chi connectivity index (χ2n) is 5.42. The number of carbonyl (C=O) groups is 1. The van der Waals surface area contributed by atoms with E-state index in [-0.39, 0.29) is 17.4 Å². The van der Waals surface area contributed by atoms with E-state index in [0.29, 0.717) is 24.9 Å². The molecule has 2 aromatic rings. The number of benzene rings is 2. The predicted molar refractivity (Wildman–Crippen MR) is 86.7 cm³/mol. The number of halogens is 3. The largest absolute Gasteiger partial charge is 0.370 e. The van der Waals surface area contributed by atoms with E-state index in [9.17, 15) is 26.4 Å². The summed E-state index contributed by atoms with van der Waals surface area (Å²) in [6, 6.07) is 6.67. The van der Waals surface area contributed by atoms with E-state index < -0.39 is 33.2 Å². The Hall–Kier alpha value is -2.59. The Balaban J connectivity index is 1.84. The van der Waals surface area contributed by atoms with E-state index in [1.54, 1.807) is 0 Å². The van der Waals surface area contributed by atoms with Crippen LogP contribution in [0, 0.1) is 17.5 Å². The fourth-order valence-electron chi connectivity index (χ4n) is 2.40. The summed E-state index contributed by atoms with van der Waals surface area (Å²) in [6.07, 6.45) is 0. The monoisotopic (exact) mass is 386 g/mol. The molecule has 0 saturated carbocycles. The Kier molecular flexibility index (Phi) is 4.88. The van der Waals surface area contributed by atoms with Crippen molar-refractivity contribution in [2.75, 3.05) is 29.4 Å². The molecule has 1 heterocycles. The molecule has 2 aromatic carbocycles. The van der Waals surface area contributed by atoms with Crippen LogP contribution < -0.4 is 9.62 Å². The zero-order valence-electron chi connectivity index (χ0n) is 13.2. The van der Waals surface area contributed by atoms with Crippen molar-refractivity contribution in [3.8, 4) is 0 Å². The van der Waals surface area contributed by atoms with E-state index in [1.807, 2.05) is 4.72 Å². The van der Waals surface area contributed by atoms with Crippen molar-refractivity contribution in [2.24, 2.45) is 0 Å². The van der Waals surface area contributed by atoms with Crippen molar-refractivity contribution in [1.82, 2.24) is 0 Å². The number of hydrogen-bond donors (Lipinski definition) is 1. The summed E-state index contributed by atoms with van der Waals surface area (Å²) >= 11 is 0. The minimum Gasteiger partial charge on any atom is -0.370 e. The summed E-state index contributed by atoms with van der Waals surface area (Å²) in [5.41, 5.74) is -0.229. The number of hydrogen-bond acceptors (Lipinski definition) is 4. The molecule has 1 amide bonds. The Morgan fingerprint density at radius 1 is 1.00 bits per heavy atom. The van der Waals surface area contributed by atoms with Crippen LogP contribution in [-0.4, -0.2) is 34.1 Å². The topological polar surface area (TPSA) is 75.7 Å². The normalized spacial score (nSPS) is 15.2. The number of carbonyl (C=O) groups excluding carboxylic acids is 1. The van der Waals surface area contributed by atoms with Crippen LogP contribution in [0.3, 0.4) is 0 Å². The molecule has 138 valence electrons. The maximum atomic E-state index is 13.7. The van der Waals surface area contributed by atoms with Gasteiger partial charge in [-0.05, 0) is 36.4 Å². The number of morpholine rings is 1. The van der Waals surface area contributed by atoms with Gasteiger partial charge in [0.2, 0.25) is 0 Å². The average molecular weight is 386 g/mol. The number of ether oxygens (including phenoxy) is 1. The summed E-state index contributed by atoms with van der Waals surface area (Å²) in [6.45, 7) is 0.642. The third-order valence-corrected chi connectivity index (χ3v) is 5.11. The second kappa shape index (κ2) is 6.96. The minimum atomic E-state index is -4.23. The quantitative estimate of drug-likeness (QED) is 0.818. The molecular weight excluding hydrogens is 373 g/mol. The van der Waals surface area contributed by atoms with Gasteiger partial charge < -0.3 is 9.64 Å². The number of nitrogens with one attached hydrogen (secondary N) is 1. The first-order valence-corrected chi connectivity index (χ1v) is 8.92. The van der Waals surface area contributed by atoms with Crippen LogP contribution in [0.5, 0.6) is 0 Å². The van der Waals surface area contributed by atoms with Gasteiger partial charge >= 0.3 is 0 Å². The SMILES string of the molecule is O=C1COCCN1c1ccc(S(=O)(=O)Nc2ccc(F)c(F)c2F)cc1. The molecule has 3 rings (SSSR count). The van der Waals surface area contributed by atoms with Gasteiger partial charge in [0.05, 0.1) is 17.2 Å². The molecule has 1 aliphatic rings. The van der Waals surface area contributed by atoms with Crippen LogP contribution in [0.25, 0.3) is 0 Å². The molecule has 1 aliphatic heterocycles. The highest BCUT2D eigenvalue weighted by Gasteiger charge is 2.23. The van der Waals surface area contributed by atoms with E-state index >= 15 is 0 Å². The molecule has 0 spiro atoms. The molecule has 0 aromatic heterocycles. The zero-order valence-corrected chi connectivity index (χ0v) is 14.0. The minimum absolute atomic E-state index is 0.0585. The van der Waals surface area contributed by atoms with Gasteiger partial charge in [-0.3, -0.25) is 9.52 Å². The van der Waals surface area contributed by atoms with Crippen LogP contribution in [0.1, 0.15) is 0 Å². The Morgan fingerprint density at radius 2 is 1.69 bits per heavy atom. The highest BCUT2D eigenvalue weighted by atomic mass is 32.2. The van der Waals surface area contributed by atoms with E-state index in [2.05, 4.69) is 0 Å². The maximum Gasteiger partial charge on any atom is 0.261 e. The van der Waals surface area contributed by atoms with Gasteiger partial charge in [-0.25, -0.2) is 21.6 Å². The third kappa shape index (κ3) is 3.51. The van der Waals surface area contributed by atoms with Crippen molar-refractivity contribution in [3.05, 3.63) is 53.8 Å². The van der Waals surface area contributed by atoms with Gasteiger partial charge in [0, 0.05) is 12.2 Å². The van der Waals surface area contributed by atoms with Crippen LogP contribution in [0.4, 0.5) is 24.5 Å². The lowest BCUT2D eigenvalue weighted by Crippen LogP contribution is -2.41. The molecule has 1 saturated heterocycles. The second-order valence-corrected chi connectivity index (χ2v) is 7.10. The highest BCUT2D eigenvalue weighted by Crippen LogP contribution is 2.24. The van der Waals surface area contributed by atoms with Gasteiger partial charge in [0.25, 0.3) is 15.9 Å². The zero-order chi connectivity index (χ0) is 18.9. The van der Waals surface area contributed by atoms with Crippen LogP contribution in [-0.2, 0) is 19.6 Å². The van der Waals surface area contributed by atoms with Crippen LogP contribution in [0.2, 0.25) is 0 Å². The predicted octanol–water partition coefficient (Wildman–Crippen LogP) is 2.27. The number of amides is 1. The van der Waals surface area contributed by atoms with Crippen molar-refractivity contribution in [2.45, 2.75) is 4.90 Å². The fourth-order valence-corrected chi connectivity index (χ4v) is 3.46. The smallest absolute Gasteiger partial charge is 0.261 e. The van der Waals surface area contributed by atoms with Gasteiger partial charge in [-0.15, -0.1) is 0 Å². The van der Waals surface area contributed by atoms with Gasteiger partial charge in [-0.2, -0.15) is 0 Å². The Labute approximate surface area is 147 Å². The average Bonchev–Trinajstić information content (AvgIpc) is 2.63. The Bertz CT molecular complexity index is 949. The van der Waals surface area contributed by atoms with Gasteiger partial charge in [0.15, 0.2) is 17.5 Å². The molecule has 26 heavy (non-hydrogen) atoms. The molecule has 0 atom stereocenters. The molecule has 1 N–H and O–H groups in total. The lowest BCUT2D eigenvalue weighted by atomic mass is 10.2. The molecule has 0 bridgehead atoms. The first-order valence-electron chi connectivity index (χ1n) is 7.44. The summed E-state index contributed by atoms with van der Waals surface area (Å²) in [5.74, 6) is -5.09. The standard InChI is InChI=1S/C16H13F3N2O4S/c17-12-5-6-13(16(19)15(12)18)20-26(23,24)11-3-1-10(2-4-11)21-7-8-25-9-14(21)22/h1-6,20H,7-9H2. The molecule has 0 unspecified atom stereocenters. The van der Waals surface area contributed by atoms with Crippen LogP contribution in [0.15, 0.2) is 41.3 Å². The molecule has 1 fully saturated rings. The van der Waals surface area contributed by atoms with Gasteiger partial charge in [-0.1, -0.05) is 0 Å². The number of sulfonamides is 1. The first-order chi connectivity index (χ1) is 12.3. The summed E-state index contributed by atoms with van der Waals surface area (Å²) in [4.78, 5) is 13.0. The van der Waals surface area contributed by atoms with Gasteiger partial charge in [0.1, 0.15) is 6.61 Å². The summed E-state index contributed by atoms with van der Waals surface area (Å²) in [7, 11) is -4.23. The van der Waals surface area contributed by atoms with Crippen LogP contribution >= 0.6 is 0 Å². The number of anilines is 2. The third-order valence-electron chi connectivity index (χ3n) is 3.72. The molecule has 6 nitrogen and oxygen atoms in total. The molecule has 10 heteroatoms. The maximum absolute atomic E-state index is 13.7. The van der Waals surface area contributed by atoms with E-state index in [0.717, 1.165) is 6.07 Å². The van der Waals surface area contributed by atoms with E-state index in [4.69, 9.17) is 4.74 Å². The highest BCUT2D eigenvalue weighted by molar-refractivity contribution is 7.92. The number of nitrogens with zero attached hydrogens (tertiary/aromatic N) is 1. The molecule has 0 radical (unpaired) electrons. The lowest BCUT2D eigenvalue weighted by Gasteiger charge is -2.26. The van der Waals surface area contributed by atoms with Crippen molar-refractivity contribution < 1.29 is 31.1 Å². The van der Waals surface area contributed by atoms with Crippen molar-refractivity contribution >= 4 is 27.3 Å². The number of rotatable bonds is 4. The Morgan fingerprint density at radius 3 is 2.35 bits per heavy atom. The van der Waals surface area contributed by atoms with E-state index in [1.165, 1.54) is 29.2 Å². The lowest BCUT2D eigenvalue weighted by molar-refractivity contribution is -0.125. The molecular formula is C16H13F3N2O4S. The van der Waals surface area contributed by atoms with Crippen molar-refractivity contribution in [1.29, 1.82) is 0 Å². The first kappa shape index (κ1) is 18.2. The summed E-state index contributed by atoms with van der Waals surface area (Å²) in [5, 5.41) is 0. The fraction of sp³-hybridized carbons (Fsp3) is 0.188. The van der Waals surface area contributed by atoms with Crippen molar-refractivity contribution in [3.63, 3.8) is 0 Å².